The molecular formula is C18H29IN4O2. The van der Waals surface area contributed by atoms with Gasteiger partial charge in [-0.15, -0.1) is 24.0 Å². The van der Waals surface area contributed by atoms with Gasteiger partial charge in [0.1, 0.15) is 5.75 Å². The Morgan fingerprint density at radius 1 is 1.16 bits per heavy atom. The second-order valence-electron chi connectivity index (χ2n) is 5.81. The number of ether oxygens (including phenoxy) is 1. The van der Waals surface area contributed by atoms with E-state index < -0.39 is 0 Å². The fourth-order valence-electron chi connectivity index (χ4n) is 2.62. The first-order valence-corrected chi connectivity index (χ1v) is 8.70. The molecule has 1 fully saturated rings. The number of carbonyl (C=O) groups excluding carboxylic acids is 1. The molecule has 0 saturated carbocycles. The molecule has 0 atom stereocenters. The summed E-state index contributed by atoms with van der Waals surface area (Å²) >= 11 is 0. The highest BCUT2D eigenvalue weighted by Gasteiger charge is 2.16. The third-order valence-corrected chi connectivity index (χ3v) is 3.96. The number of hydrogen-bond donors (Lipinski definition) is 2. The van der Waals surface area contributed by atoms with E-state index in [1.807, 2.05) is 35.2 Å². The van der Waals surface area contributed by atoms with E-state index in [9.17, 15) is 4.79 Å². The Bertz CT molecular complexity index is 519. The summed E-state index contributed by atoms with van der Waals surface area (Å²) in [5, 5.41) is 6.28. The van der Waals surface area contributed by atoms with Crippen LogP contribution in [0.25, 0.3) is 0 Å². The van der Waals surface area contributed by atoms with Gasteiger partial charge in [-0.25, -0.2) is 0 Å². The molecule has 1 aliphatic rings. The van der Waals surface area contributed by atoms with Crippen LogP contribution in [0.1, 0.15) is 25.7 Å². The number of aliphatic imine (C=N–C) groups is 1. The van der Waals surface area contributed by atoms with Gasteiger partial charge in [-0.1, -0.05) is 18.2 Å². The average molecular weight is 460 g/mol. The molecule has 1 aliphatic heterocycles. The SMILES string of the molecule is CN=C(NCCCOc1ccccc1)NCC(=O)N1CCCCC1.I. The monoisotopic (exact) mass is 460 g/mol. The van der Waals surface area contributed by atoms with Crippen LogP contribution in [-0.4, -0.2) is 56.6 Å². The maximum Gasteiger partial charge on any atom is 0.241 e. The number of carbonyl (C=O) groups is 1. The van der Waals surface area contributed by atoms with Gasteiger partial charge in [-0.2, -0.15) is 0 Å². The number of amides is 1. The van der Waals surface area contributed by atoms with E-state index in [0.29, 0.717) is 19.1 Å². The number of halogens is 1. The Morgan fingerprint density at radius 3 is 2.56 bits per heavy atom. The van der Waals surface area contributed by atoms with Crippen LogP contribution >= 0.6 is 24.0 Å². The quantitative estimate of drug-likeness (QED) is 0.284. The second-order valence-corrected chi connectivity index (χ2v) is 5.81. The molecule has 2 N–H and O–H groups in total. The molecule has 25 heavy (non-hydrogen) atoms. The number of para-hydroxylation sites is 1. The Labute approximate surface area is 167 Å². The van der Waals surface area contributed by atoms with Gasteiger partial charge in [0.15, 0.2) is 5.96 Å². The maximum absolute atomic E-state index is 12.1. The molecule has 0 aliphatic carbocycles. The number of guanidine groups is 1. The fraction of sp³-hybridized carbons (Fsp3) is 0.556. The fourth-order valence-corrected chi connectivity index (χ4v) is 2.62. The maximum atomic E-state index is 12.1. The van der Waals surface area contributed by atoms with Crippen molar-refractivity contribution in [2.24, 2.45) is 4.99 Å². The summed E-state index contributed by atoms with van der Waals surface area (Å²) in [6.45, 7) is 3.43. The molecule has 1 saturated heterocycles. The Kier molecular flexibility index (Phi) is 11.0. The largest absolute Gasteiger partial charge is 0.494 e. The van der Waals surface area contributed by atoms with Crippen molar-refractivity contribution in [2.45, 2.75) is 25.7 Å². The first-order chi connectivity index (χ1) is 11.8. The Morgan fingerprint density at radius 2 is 1.88 bits per heavy atom. The van der Waals surface area contributed by atoms with E-state index in [0.717, 1.165) is 44.6 Å². The molecule has 140 valence electrons. The summed E-state index contributed by atoms with van der Waals surface area (Å²) in [7, 11) is 1.71. The van der Waals surface area contributed by atoms with Gasteiger partial charge in [0.2, 0.25) is 5.91 Å². The molecule has 1 aromatic rings. The van der Waals surface area contributed by atoms with Crippen LogP contribution in [0.2, 0.25) is 0 Å². The highest BCUT2D eigenvalue weighted by molar-refractivity contribution is 14.0. The van der Waals surface area contributed by atoms with E-state index in [2.05, 4.69) is 15.6 Å². The van der Waals surface area contributed by atoms with Crippen molar-refractivity contribution in [3.8, 4) is 5.75 Å². The van der Waals surface area contributed by atoms with Gasteiger partial charge in [-0.05, 0) is 37.8 Å². The van der Waals surface area contributed by atoms with E-state index in [-0.39, 0.29) is 29.9 Å². The highest BCUT2D eigenvalue weighted by Crippen LogP contribution is 2.08. The molecule has 2 rings (SSSR count). The normalized spacial score (nSPS) is 14.4. The molecular weight excluding hydrogens is 431 g/mol. The van der Waals surface area contributed by atoms with Gasteiger partial charge in [0.05, 0.1) is 13.2 Å². The smallest absolute Gasteiger partial charge is 0.241 e. The number of benzene rings is 1. The van der Waals surface area contributed by atoms with Crippen LogP contribution in [-0.2, 0) is 4.79 Å². The molecule has 0 unspecified atom stereocenters. The highest BCUT2D eigenvalue weighted by atomic mass is 127. The molecule has 1 heterocycles. The third-order valence-electron chi connectivity index (χ3n) is 3.96. The molecule has 0 aromatic heterocycles. The van der Waals surface area contributed by atoms with Crippen LogP contribution in [0.3, 0.4) is 0 Å². The van der Waals surface area contributed by atoms with Crippen LogP contribution in [0.5, 0.6) is 5.75 Å². The van der Waals surface area contributed by atoms with Gasteiger partial charge < -0.3 is 20.3 Å². The topological polar surface area (TPSA) is 66.0 Å². The van der Waals surface area contributed by atoms with Crippen LogP contribution in [0.15, 0.2) is 35.3 Å². The van der Waals surface area contributed by atoms with Gasteiger partial charge >= 0.3 is 0 Å². The number of likely N-dealkylation sites (tertiary alicyclic amines) is 1. The van der Waals surface area contributed by atoms with Gasteiger partial charge in [0.25, 0.3) is 0 Å². The molecule has 1 aromatic carbocycles. The van der Waals surface area contributed by atoms with Crippen LogP contribution < -0.4 is 15.4 Å². The lowest BCUT2D eigenvalue weighted by Crippen LogP contribution is -2.46. The first kappa shape index (κ1) is 21.5. The predicted octanol–water partition coefficient (Wildman–Crippen LogP) is 2.25. The lowest BCUT2D eigenvalue weighted by Gasteiger charge is -2.27. The van der Waals surface area contributed by atoms with Crippen molar-refractivity contribution < 1.29 is 9.53 Å². The lowest BCUT2D eigenvalue weighted by atomic mass is 10.1. The second kappa shape index (κ2) is 12.8. The van der Waals surface area contributed by atoms with E-state index in [4.69, 9.17) is 4.74 Å². The van der Waals surface area contributed by atoms with E-state index in [1.54, 1.807) is 7.05 Å². The van der Waals surface area contributed by atoms with Crippen LogP contribution in [0.4, 0.5) is 0 Å². The van der Waals surface area contributed by atoms with Crippen molar-refractivity contribution in [2.75, 3.05) is 39.8 Å². The van der Waals surface area contributed by atoms with Crippen molar-refractivity contribution in [3.63, 3.8) is 0 Å². The van der Waals surface area contributed by atoms with Gasteiger partial charge in [-0.3, -0.25) is 9.79 Å². The average Bonchev–Trinajstić information content (AvgIpc) is 2.65. The number of nitrogens with zero attached hydrogens (tertiary/aromatic N) is 2. The standard InChI is InChI=1S/C18H28N4O2.HI/c1-19-18(21-15-17(23)22-12-6-3-7-13-22)20-11-8-14-24-16-9-4-2-5-10-16;/h2,4-5,9-10H,3,6-8,11-15H2,1H3,(H2,19,20,21);1H. The Hall–Kier alpha value is -1.51. The number of piperidine rings is 1. The minimum atomic E-state index is 0. The minimum Gasteiger partial charge on any atom is -0.494 e. The third kappa shape index (κ3) is 8.42. The summed E-state index contributed by atoms with van der Waals surface area (Å²) in [5.41, 5.74) is 0. The zero-order chi connectivity index (χ0) is 17.0. The molecule has 0 bridgehead atoms. The number of rotatable bonds is 7. The van der Waals surface area contributed by atoms with Crippen molar-refractivity contribution in [3.05, 3.63) is 30.3 Å². The number of nitrogens with one attached hydrogen (secondary N) is 2. The summed E-state index contributed by atoms with van der Waals surface area (Å²) < 4.78 is 5.64. The Balaban J connectivity index is 0.00000312. The lowest BCUT2D eigenvalue weighted by molar-refractivity contribution is -0.130. The van der Waals surface area contributed by atoms with Crippen molar-refractivity contribution >= 4 is 35.8 Å². The summed E-state index contributed by atoms with van der Waals surface area (Å²) in [6.07, 6.45) is 4.31. The minimum absolute atomic E-state index is 0. The molecule has 0 radical (unpaired) electrons. The molecule has 1 amide bonds. The van der Waals surface area contributed by atoms with Crippen molar-refractivity contribution in [1.82, 2.24) is 15.5 Å². The van der Waals surface area contributed by atoms with Crippen LogP contribution in [0, 0.1) is 0 Å². The summed E-state index contributed by atoms with van der Waals surface area (Å²) in [6, 6.07) is 9.77. The first-order valence-electron chi connectivity index (χ1n) is 8.70. The zero-order valence-corrected chi connectivity index (χ0v) is 17.2. The van der Waals surface area contributed by atoms with Gasteiger partial charge in [0, 0.05) is 26.7 Å². The van der Waals surface area contributed by atoms with E-state index >= 15 is 0 Å². The van der Waals surface area contributed by atoms with Crippen molar-refractivity contribution in [1.29, 1.82) is 0 Å². The predicted molar refractivity (Wildman–Crippen MR) is 112 cm³/mol. The zero-order valence-electron chi connectivity index (χ0n) is 14.9. The molecule has 0 spiro atoms. The molecule has 6 nitrogen and oxygen atoms in total. The summed E-state index contributed by atoms with van der Waals surface area (Å²) in [5.74, 6) is 1.68. The number of hydrogen-bond acceptors (Lipinski definition) is 3. The summed E-state index contributed by atoms with van der Waals surface area (Å²) in [4.78, 5) is 18.2. The van der Waals surface area contributed by atoms with E-state index in [1.165, 1.54) is 6.42 Å². The molecule has 7 heteroatoms.